The van der Waals surface area contributed by atoms with E-state index in [0.717, 1.165) is 5.65 Å². The minimum absolute atomic E-state index is 0.00178. The van der Waals surface area contributed by atoms with E-state index in [1.165, 1.54) is 11.3 Å². The molecule has 0 atom stereocenters. The van der Waals surface area contributed by atoms with Gasteiger partial charge in [0.25, 0.3) is 0 Å². The third kappa shape index (κ3) is 3.20. The Morgan fingerprint density at radius 3 is 2.86 bits per heavy atom. The van der Waals surface area contributed by atoms with Crippen molar-refractivity contribution in [2.24, 2.45) is 0 Å². The number of amides is 1. The average Bonchev–Trinajstić information content (AvgIpc) is 3.20. The normalized spacial score (nSPS) is 10.7. The number of aromatic nitrogens is 3. The van der Waals surface area contributed by atoms with Gasteiger partial charge in [0.2, 0.25) is 5.91 Å². The molecule has 0 aromatic carbocycles. The van der Waals surface area contributed by atoms with Crippen molar-refractivity contribution < 1.29 is 9.59 Å². The summed E-state index contributed by atoms with van der Waals surface area (Å²) in [6, 6.07) is 9.20. The molecule has 3 rings (SSSR count). The van der Waals surface area contributed by atoms with E-state index in [-0.39, 0.29) is 31.1 Å². The van der Waals surface area contributed by atoms with Crippen molar-refractivity contribution in [3.8, 4) is 0 Å². The Morgan fingerprint density at radius 1 is 1.14 bits per heavy atom. The van der Waals surface area contributed by atoms with Crippen LogP contribution in [0.3, 0.4) is 0 Å². The molecule has 6 nitrogen and oxygen atoms in total. The van der Waals surface area contributed by atoms with Crippen molar-refractivity contribution in [3.05, 3.63) is 52.6 Å². The highest BCUT2D eigenvalue weighted by atomic mass is 32.1. The summed E-state index contributed by atoms with van der Waals surface area (Å²) in [4.78, 5) is 24.3. The maximum atomic E-state index is 11.8. The molecule has 0 bridgehead atoms. The second-order valence-corrected chi connectivity index (χ2v) is 5.67. The van der Waals surface area contributed by atoms with E-state index < -0.39 is 0 Å². The number of nitrogens with one attached hydrogen (secondary N) is 1. The van der Waals surface area contributed by atoms with Crippen LogP contribution in [0.25, 0.3) is 5.65 Å². The molecule has 1 N–H and O–H groups in total. The van der Waals surface area contributed by atoms with Crippen LogP contribution in [0.2, 0.25) is 0 Å². The zero-order valence-electron chi connectivity index (χ0n) is 11.7. The number of Topliss-reactive ketones (excluding diaryl/α,β-unsaturated/α-hetero) is 1. The Balaban J connectivity index is 1.51. The van der Waals surface area contributed by atoms with Crippen LogP contribution >= 0.6 is 11.3 Å². The number of carbonyl (C=O) groups excluding carboxylic acids is 2. The lowest BCUT2D eigenvalue weighted by molar-refractivity contribution is -0.121. The number of ketones is 1. The molecule has 3 aromatic heterocycles. The molecule has 3 aromatic rings. The van der Waals surface area contributed by atoms with Gasteiger partial charge in [-0.2, -0.15) is 0 Å². The lowest BCUT2D eigenvalue weighted by Crippen LogP contribution is -2.24. The highest BCUT2D eigenvalue weighted by molar-refractivity contribution is 7.12. The number of carbonyl (C=O) groups is 2. The van der Waals surface area contributed by atoms with Gasteiger partial charge in [-0.15, -0.1) is 21.5 Å². The van der Waals surface area contributed by atoms with Crippen LogP contribution in [0.1, 0.15) is 28.3 Å². The number of nitrogens with zero attached hydrogens (tertiary/aromatic N) is 3. The Labute approximate surface area is 130 Å². The summed E-state index contributed by atoms with van der Waals surface area (Å²) >= 11 is 1.39. The Hall–Kier alpha value is -2.54. The number of hydrogen-bond donors (Lipinski definition) is 1. The highest BCUT2D eigenvalue weighted by Crippen LogP contribution is 2.12. The monoisotopic (exact) mass is 314 g/mol. The van der Waals surface area contributed by atoms with Crippen molar-refractivity contribution >= 4 is 28.7 Å². The molecular weight excluding hydrogens is 300 g/mol. The van der Waals surface area contributed by atoms with Gasteiger partial charge in [0.15, 0.2) is 17.3 Å². The maximum Gasteiger partial charge on any atom is 0.220 e. The van der Waals surface area contributed by atoms with Gasteiger partial charge in [0.1, 0.15) is 0 Å². The summed E-state index contributed by atoms with van der Waals surface area (Å²) in [5, 5.41) is 12.7. The first-order valence-corrected chi connectivity index (χ1v) is 7.74. The number of thiophene rings is 1. The van der Waals surface area contributed by atoms with Crippen LogP contribution in [0, 0.1) is 0 Å². The average molecular weight is 314 g/mol. The topological polar surface area (TPSA) is 76.4 Å². The summed E-state index contributed by atoms with van der Waals surface area (Å²) < 4.78 is 1.82. The quantitative estimate of drug-likeness (QED) is 0.707. The summed E-state index contributed by atoms with van der Waals surface area (Å²) in [6.45, 7) is 0.289. The molecule has 112 valence electrons. The molecule has 0 radical (unpaired) electrons. The fourth-order valence-corrected chi connectivity index (χ4v) is 2.76. The van der Waals surface area contributed by atoms with Crippen molar-refractivity contribution in [2.75, 3.05) is 0 Å². The van der Waals surface area contributed by atoms with Crippen LogP contribution in [0.5, 0.6) is 0 Å². The minimum Gasteiger partial charge on any atom is -0.349 e. The van der Waals surface area contributed by atoms with E-state index in [9.17, 15) is 9.59 Å². The second kappa shape index (κ2) is 6.48. The number of hydrogen-bond acceptors (Lipinski definition) is 5. The van der Waals surface area contributed by atoms with E-state index in [0.29, 0.717) is 10.7 Å². The number of fused-ring (bicyclic) bond motifs is 1. The van der Waals surface area contributed by atoms with E-state index >= 15 is 0 Å². The summed E-state index contributed by atoms with van der Waals surface area (Å²) in [7, 11) is 0. The molecule has 0 saturated carbocycles. The first-order valence-electron chi connectivity index (χ1n) is 6.86. The lowest BCUT2D eigenvalue weighted by Gasteiger charge is -2.03. The fraction of sp³-hybridized carbons (Fsp3) is 0.200. The summed E-state index contributed by atoms with van der Waals surface area (Å²) in [5.74, 6) is 0.490. The van der Waals surface area contributed by atoms with E-state index in [2.05, 4.69) is 15.5 Å². The van der Waals surface area contributed by atoms with Gasteiger partial charge in [0.05, 0.1) is 11.4 Å². The molecule has 0 aliphatic rings. The van der Waals surface area contributed by atoms with Crippen molar-refractivity contribution in [3.63, 3.8) is 0 Å². The van der Waals surface area contributed by atoms with Crippen LogP contribution < -0.4 is 5.32 Å². The standard InChI is InChI=1S/C15H14N4O2S/c20-11(12-4-3-9-22-12)6-7-15(21)16-10-14-18-17-13-5-1-2-8-19(13)14/h1-5,8-9H,6-7,10H2,(H,16,21). The zero-order valence-corrected chi connectivity index (χ0v) is 12.5. The van der Waals surface area contributed by atoms with Gasteiger partial charge in [-0.25, -0.2) is 0 Å². The van der Waals surface area contributed by atoms with Gasteiger partial charge in [-0.1, -0.05) is 12.1 Å². The molecule has 0 aliphatic carbocycles. The van der Waals surface area contributed by atoms with Crippen LogP contribution in [-0.2, 0) is 11.3 Å². The Kier molecular flexibility index (Phi) is 4.24. The van der Waals surface area contributed by atoms with Crippen molar-refractivity contribution in [2.45, 2.75) is 19.4 Å². The molecule has 0 unspecified atom stereocenters. The van der Waals surface area contributed by atoms with Crippen molar-refractivity contribution in [1.82, 2.24) is 19.9 Å². The maximum absolute atomic E-state index is 11.8. The lowest BCUT2D eigenvalue weighted by atomic mass is 10.2. The largest absolute Gasteiger partial charge is 0.349 e. The Bertz CT molecular complexity index is 795. The first-order chi connectivity index (χ1) is 10.7. The second-order valence-electron chi connectivity index (χ2n) is 4.72. The zero-order chi connectivity index (χ0) is 15.4. The van der Waals surface area contributed by atoms with Gasteiger partial charge in [0, 0.05) is 19.0 Å². The van der Waals surface area contributed by atoms with Crippen molar-refractivity contribution in [1.29, 1.82) is 0 Å². The predicted molar refractivity (Wildman–Crippen MR) is 82.7 cm³/mol. The summed E-state index contributed by atoms with van der Waals surface area (Å²) in [5.41, 5.74) is 0.736. The Morgan fingerprint density at radius 2 is 2.05 bits per heavy atom. The molecule has 22 heavy (non-hydrogen) atoms. The molecule has 0 fully saturated rings. The van der Waals surface area contributed by atoms with E-state index in [4.69, 9.17) is 0 Å². The fourth-order valence-electron chi connectivity index (χ4n) is 2.06. The molecular formula is C15H14N4O2S. The first kappa shape index (κ1) is 14.4. The third-order valence-electron chi connectivity index (χ3n) is 3.20. The van der Waals surface area contributed by atoms with Gasteiger partial charge in [-0.3, -0.25) is 14.0 Å². The van der Waals surface area contributed by atoms with Crippen LogP contribution in [0.15, 0.2) is 41.9 Å². The third-order valence-corrected chi connectivity index (χ3v) is 4.11. The van der Waals surface area contributed by atoms with Gasteiger partial charge >= 0.3 is 0 Å². The molecule has 3 heterocycles. The molecule has 0 spiro atoms. The molecule has 7 heteroatoms. The molecule has 0 saturated heterocycles. The number of rotatable bonds is 6. The van der Waals surface area contributed by atoms with Gasteiger partial charge in [-0.05, 0) is 23.6 Å². The minimum atomic E-state index is -0.169. The molecule has 0 aliphatic heterocycles. The van der Waals surface area contributed by atoms with E-state index in [1.807, 2.05) is 40.2 Å². The molecule has 1 amide bonds. The van der Waals surface area contributed by atoms with Crippen LogP contribution in [0.4, 0.5) is 0 Å². The predicted octanol–water partition coefficient (Wildman–Crippen LogP) is 2.07. The highest BCUT2D eigenvalue weighted by Gasteiger charge is 2.11. The summed E-state index contributed by atoms with van der Waals surface area (Å²) in [6.07, 6.45) is 2.23. The van der Waals surface area contributed by atoms with E-state index in [1.54, 1.807) is 6.07 Å². The SMILES string of the molecule is O=C(CCC(=O)c1cccs1)NCc1nnc2ccccn12. The van der Waals surface area contributed by atoms with Crippen LogP contribution in [-0.4, -0.2) is 26.3 Å². The smallest absolute Gasteiger partial charge is 0.220 e. The number of pyridine rings is 1. The van der Waals surface area contributed by atoms with Gasteiger partial charge < -0.3 is 5.32 Å².